The maximum atomic E-state index is 11.6. The molecule has 3 N–H and O–H groups in total. The summed E-state index contributed by atoms with van der Waals surface area (Å²) in [5.41, 5.74) is 5.58. The number of halogens is 1. The molecule has 0 atom stereocenters. The number of nitrogens with one attached hydrogen (secondary N) is 1. The van der Waals surface area contributed by atoms with Crippen LogP contribution >= 0.6 is 11.6 Å². The minimum absolute atomic E-state index is 0.347. The largest absolute Gasteiger partial charge is 0.381 e. The van der Waals surface area contributed by atoms with Gasteiger partial charge in [-0.2, -0.15) is 0 Å². The molecule has 1 heterocycles. The van der Waals surface area contributed by atoms with Gasteiger partial charge in [0.15, 0.2) is 0 Å². The van der Waals surface area contributed by atoms with E-state index in [0.717, 1.165) is 5.69 Å². The van der Waals surface area contributed by atoms with E-state index in [9.17, 15) is 4.79 Å². The van der Waals surface area contributed by atoms with Crippen molar-refractivity contribution in [2.75, 3.05) is 18.5 Å². The topological polar surface area (TPSA) is 64.4 Å². The molecule has 1 fully saturated rings. The van der Waals surface area contributed by atoms with Crippen molar-refractivity contribution >= 4 is 23.2 Å². The predicted octanol–water partition coefficient (Wildman–Crippen LogP) is 1.79. The van der Waals surface area contributed by atoms with Crippen molar-refractivity contribution < 1.29 is 9.53 Å². The third-order valence-electron chi connectivity index (χ3n) is 3.03. The Bertz CT molecular complexity index is 417. The Morgan fingerprint density at radius 3 is 2.71 bits per heavy atom. The molecule has 0 aliphatic carbocycles. The van der Waals surface area contributed by atoms with E-state index in [1.165, 1.54) is 0 Å². The fourth-order valence-corrected chi connectivity index (χ4v) is 2.19. The zero-order chi connectivity index (χ0) is 12.3. The van der Waals surface area contributed by atoms with Gasteiger partial charge in [0, 0.05) is 36.8 Å². The standard InChI is InChI=1S/C12H15ClN2O2/c13-9-2-1-3-10(8-9)15-12(11(14)16)4-6-17-7-5-12/h1-3,8,15H,4-7H2,(H2,14,16). The Kier molecular flexibility index (Phi) is 3.54. The summed E-state index contributed by atoms with van der Waals surface area (Å²) in [6, 6.07) is 7.26. The first-order chi connectivity index (χ1) is 8.12. The molecule has 2 rings (SSSR count). The molecule has 0 unspecified atom stereocenters. The molecule has 92 valence electrons. The Hall–Kier alpha value is -1.26. The minimum atomic E-state index is -0.719. The van der Waals surface area contributed by atoms with Gasteiger partial charge in [-0.1, -0.05) is 17.7 Å². The van der Waals surface area contributed by atoms with Crippen LogP contribution in [0.1, 0.15) is 12.8 Å². The first-order valence-electron chi connectivity index (χ1n) is 5.54. The average Bonchev–Trinajstić information content (AvgIpc) is 2.30. The lowest BCUT2D eigenvalue weighted by Crippen LogP contribution is -2.53. The van der Waals surface area contributed by atoms with Gasteiger partial charge in [-0.15, -0.1) is 0 Å². The van der Waals surface area contributed by atoms with E-state index >= 15 is 0 Å². The Morgan fingerprint density at radius 1 is 1.41 bits per heavy atom. The predicted molar refractivity (Wildman–Crippen MR) is 67.1 cm³/mol. The first kappa shape index (κ1) is 12.2. The summed E-state index contributed by atoms with van der Waals surface area (Å²) < 4.78 is 5.26. The summed E-state index contributed by atoms with van der Waals surface area (Å²) in [5.74, 6) is -0.347. The van der Waals surface area contributed by atoms with Crippen LogP contribution in [0.15, 0.2) is 24.3 Å². The molecule has 1 saturated heterocycles. The number of rotatable bonds is 3. The maximum absolute atomic E-state index is 11.6. The van der Waals surface area contributed by atoms with Crippen molar-refractivity contribution in [1.29, 1.82) is 0 Å². The van der Waals surface area contributed by atoms with E-state index in [1.54, 1.807) is 12.1 Å². The van der Waals surface area contributed by atoms with E-state index in [1.807, 2.05) is 12.1 Å². The van der Waals surface area contributed by atoms with Crippen molar-refractivity contribution in [2.24, 2.45) is 5.73 Å². The Morgan fingerprint density at radius 2 is 2.12 bits per heavy atom. The molecule has 0 spiro atoms. The number of carbonyl (C=O) groups excluding carboxylic acids is 1. The first-order valence-corrected chi connectivity index (χ1v) is 5.92. The number of ether oxygens (including phenoxy) is 1. The smallest absolute Gasteiger partial charge is 0.243 e. The fourth-order valence-electron chi connectivity index (χ4n) is 2.00. The number of carbonyl (C=O) groups is 1. The van der Waals surface area contributed by atoms with E-state index in [0.29, 0.717) is 31.1 Å². The van der Waals surface area contributed by atoms with E-state index in [2.05, 4.69) is 5.32 Å². The van der Waals surface area contributed by atoms with Gasteiger partial charge in [0.1, 0.15) is 5.54 Å². The molecule has 4 nitrogen and oxygen atoms in total. The zero-order valence-electron chi connectivity index (χ0n) is 9.41. The highest BCUT2D eigenvalue weighted by Crippen LogP contribution is 2.27. The lowest BCUT2D eigenvalue weighted by molar-refractivity contribution is -0.125. The average molecular weight is 255 g/mol. The summed E-state index contributed by atoms with van der Waals surface area (Å²) in [6.45, 7) is 1.08. The van der Waals surface area contributed by atoms with Gasteiger partial charge < -0.3 is 15.8 Å². The third-order valence-corrected chi connectivity index (χ3v) is 3.26. The highest BCUT2D eigenvalue weighted by molar-refractivity contribution is 6.30. The van der Waals surface area contributed by atoms with Crippen LogP contribution in [-0.4, -0.2) is 24.7 Å². The second-order valence-corrected chi connectivity index (χ2v) is 4.63. The molecule has 5 heteroatoms. The zero-order valence-corrected chi connectivity index (χ0v) is 10.2. The summed E-state index contributed by atoms with van der Waals surface area (Å²) in [6.07, 6.45) is 1.16. The highest BCUT2D eigenvalue weighted by Gasteiger charge is 2.38. The minimum Gasteiger partial charge on any atom is -0.381 e. The van der Waals surface area contributed by atoms with Crippen LogP contribution in [0.25, 0.3) is 0 Å². The van der Waals surface area contributed by atoms with Gasteiger partial charge in [-0.3, -0.25) is 4.79 Å². The molecule has 0 saturated carbocycles. The van der Waals surface area contributed by atoms with Gasteiger partial charge in [-0.25, -0.2) is 0 Å². The Balaban J connectivity index is 2.20. The summed E-state index contributed by atoms with van der Waals surface area (Å²) in [5, 5.41) is 3.82. The molecular formula is C12H15ClN2O2. The van der Waals surface area contributed by atoms with Crippen LogP contribution < -0.4 is 11.1 Å². The van der Waals surface area contributed by atoms with Crippen LogP contribution in [0.5, 0.6) is 0 Å². The molecule has 1 aliphatic heterocycles. The normalized spacial score (nSPS) is 18.6. The second-order valence-electron chi connectivity index (χ2n) is 4.19. The van der Waals surface area contributed by atoms with Crippen molar-refractivity contribution in [3.8, 4) is 0 Å². The number of nitrogens with two attached hydrogens (primary N) is 1. The van der Waals surface area contributed by atoms with Gasteiger partial charge in [0.2, 0.25) is 5.91 Å². The SMILES string of the molecule is NC(=O)C1(Nc2cccc(Cl)c2)CCOCC1. The van der Waals surface area contributed by atoms with Crippen molar-refractivity contribution in [3.05, 3.63) is 29.3 Å². The van der Waals surface area contributed by atoms with E-state index in [-0.39, 0.29) is 5.91 Å². The molecule has 1 amide bonds. The third kappa shape index (κ3) is 2.70. The lowest BCUT2D eigenvalue weighted by atomic mass is 9.89. The summed E-state index contributed by atoms with van der Waals surface area (Å²) in [7, 11) is 0. The van der Waals surface area contributed by atoms with Crippen molar-refractivity contribution in [3.63, 3.8) is 0 Å². The highest BCUT2D eigenvalue weighted by atomic mass is 35.5. The van der Waals surface area contributed by atoms with Gasteiger partial charge in [-0.05, 0) is 18.2 Å². The van der Waals surface area contributed by atoms with Crippen LogP contribution in [0.3, 0.4) is 0 Å². The number of primary amides is 1. The van der Waals surface area contributed by atoms with Crippen LogP contribution in [0.2, 0.25) is 5.02 Å². The van der Waals surface area contributed by atoms with Crippen LogP contribution in [0, 0.1) is 0 Å². The lowest BCUT2D eigenvalue weighted by Gasteiger charge is -2.35. The number of hydrogen-bond donors (Lipinski definition) is 2. The van der Waals surface area contributed by atoms with Gasteiger partial charge in [0.25, 0.3) is 0 Å². The fraction of sp³-hybridized carbons (Fsp3) is 0.417. The number of anilines is 1. The molecule has 1 aliphatic rings. The monoisotopic (exact) mass is 254 g/mol. The molecule has 0 aromatic heterocycles. The summed E-state index contributed by atoms with van der Waals surface area (Å²) >= 11 is 5.91. The summed E-state index contributed by atoms with van der Waals surface area (Å²) in [4.78, 5) is 11.6. The number of amides is 1. The molecule has 0 bridgehead atoms. The Labute approximate surface area is 105 Å². The van der Waals surface area contributed by atoms with Crippen molar-refractivity contribution in [1.82, 2.24) is 0 Å². The second kappa shape index (κ2) is 4.94. The molecule has 17 heavy (non-hydrogen) atoms. The number of benzene rings is 1. The molecule has 1 aromatic carbocycles. The van der Waals surface area contributed by atoms with E-state index in [4.69, 9.17) is 22.1 Å². The molecule has 0 radical (unpaired) electrons. The molecule has 1 aromatic rings. The maximum Gasteiger partial charge on any atom is 0.243 e. The van der Waals surface area contributed by atoms with Gasteiger partial charge in [0.05, 0.1) is 0 Å². The molecular weight excluding hydrogens is 240 g/mol. The van der Waals surface area contributed by atoms with E-state index < -0.39 is 5.54 Å². The van der Waals surface area contributed by atoms with Crippen molar-refractivity contribution in [2.45, 2.75) is 18.4 Å². The van der Waals surface area contributed by atoms with Crippen LogP contribution in [0.4, 0.5) is 5.69 Å². The van der Waals surface area contributed by atoms with Gasteiger partial charge >= 0.3 is 0 Å². The quantitative estimate of drug-likeness (QED) is 0.864. The van der Waals surface area contributed by atoms with Crippen LogP contribution in [-0.2, 0) is 9.53 Å². The number of hydrogen-bond acceptors (Lipinski definition) is 3.